The summed E-state index contributed by atoms with van der Waals surface area (Å²) in [7, 11) is 0. The van der Waals surface area contributed by atoms with Crippen LogP contribution in [-0.2, 0) is 0 Å². The van der Waals surface area contributed by atoms with E-state index in [0.29, 0.717) is 17.7 Å². The zero-order chi connectivity index (χ0) is 14.3. The van der Waals surface area contributed by atoms with Crippen LogP contribution >= 0.6 is 0 Å². The molecule has 1 aliphatic heterocycles. The van der Waals surface area contributed by atoms with Gasteiger partial charge >= 0.3 is 0 Å². The van der Waals surface area contributed by atoms with Crippen molar-refractivity contribution in [3.05, 3.63) is 42.4 Å². The molecule has 2 N–H and O–H groups in total. The minimum absolute atomic E-state index is 0.494. The highest BCUT2D eigenvalue weighted by Crippen LogP contribution is 2.12. The van der Waals surface area contributed by atoms with Crippen LogP contribution in [0.5, 0.6) is 0 Å². The van der Waals surface area contributed by atoms with E-state index in [0.717, 1.165) is 31.5 Å². The van der Waals surface area contributed by atoms with Crippen LogP contribution in [-0.4, -0.2) is 28.0 Å². The summed E-state index contributed by atoms with van der Waals surface area (Å²) in [6.45, 7) is 2.13. The number of hydrogen-bond donors (Lipinski definition) is 2. The van der Waals surface area contributed by atoms with E-state index in [-0.39, 0.29) is 0 Å². The van der Waals surface area contributed by atoms with Gasteiger partial charge in [0.2, 0.25) is 5.95 Å². The topological polar surface area (TPSA) is 62.7 Å². The first kappa shape index (κ1) is 13.5. The number of nitrogens with one attached hydrogen (secondary N) is 2. The Morgan fingerprint density at radius 1 is 1.10 bits per heavy atom. The van der Waals surface area contributed by atoms with E-state index in [4.69, 9.17) is 0 Å². The molecule has 5 heteroatoms. The Hall–Kier alpha value is -2.45. The molecule has 2 aromatic heterocycles. The van der Waals surface area contributed by atoms with E-state index < -0.39 is 0 Å². The molecule has 0 saturated carbocycles. The summed E-state index contributed by atoms with van der Waals surface area (Å²) in [6.07, 6.45) is 7.38. The van der Waals surface area contributed by atoms with Crippen molar-refractivity contribution in [2.45, 2.75) is 12.8 Å². The molecule has 1 aliphatic rings. The summed E-state index contributed by atoms with van der Waals surface area (Å²) >= 11 is 0. The Labute approximate surface area is 124 Å². The first-order chi connectivity index (χ1) is 10.4. The summed E-state index contributed by atoms with van der Waals surface area (Å²) in [6, 6.07) is 5.62. The molecular weight excluding hydrogens is 262 g/mol. The van der Waals surface area contributed by atoms with Crippen molar-refractivity contribution >= 4 is 11.8 Å². The van der Waals surface area contributed by atoms with Crippen LogP contribution in [0.3, 0.4) is 0 Å². The molecule has 106 valence electrons. The molecule has 2 aromatic rings. The summed E-state index contributed by atoms with van der Waals surface area (Å²) < 4.78 is 0. The van der Waals surface area contributed by atoms with Gasteiger partial charge in [0, 0.05) is 30.1 Å². The highest BCUT2D eigenvalue weighted by atomic mass is 15.1. The predicted molar refractivity (Wildman–Crippen MR) is 82.0 cm³/mol. The van der Waals surface area contributed by atoms with E-state index in [1.807, 2.05) is 12.1 Å². The lowest BCUT2D eigenvalue weighted by Gasteiger charge is -2.17. The van der Waals surface area contributed by atoms with Crippen molar-refractivity contribution in [1.29, 1.82) is 0 Å². The fourth-order valence-corrected chi connectivity index (χ4v) is 2.21. The van der Waals surface area contributed by atoms with Gasteiger partial charge < -0.3 is 10.6 Å². The maximum Gasteiger partial charge on any atom is 0.228 e. The molecule has 0 radical (unpaired) electrons. The molecule has 5 nitrogen and oxygen atoms in total. The molecule has 3 rings (SSSR count). The number of nitrogens with zero attached hydrogens (tertiary/aromatic N) is 3. The molecule has 0 aromatic carbocycles. The lowest BCUT2D eigenvalue weighted by atomic mass is 9.98. The fourth-order valence-electron chi connectivity index (χ4n) is 2.21. The number of rotatable bonds is 2. The Morgan fingerprint density at radius 2 is 1.90 bits per heavy atom. The second-order valence-corrected chi connectivity index (χ2v) is 4.92. The predicted octanol–water partition coefficient (Wildman–Crippen LogP) is 1.97. The summed E-state index contributed by atoms with van der Waals surface area (Å²) in [5, 5.41) is 6.42. The summed E-state index contributed by atoms with van der Waals surface area (Å²) in [5.74, 6) is 8.33. The maximum atomic E-state index is 4.26. The average molecular weight is 279 g/mol. The van der Waals surface area contributed by atoms with E-state index >= 15 is 0 Å². The van der Waals surface area contributed by atoms with Gasteiger partial charge in [0.25, 0.3) is 0 Å². The quantitative estimate of drug-likeness (QED) is 0.823. The van der Waals surface area contributed by atoms with Crippen LogP contribution in [0.4, 0.5) is 11.8 Å². The minimum Gasteiger partial charge on any atom is -0.317 e. The lowest BCUT2D eigenvalue weighted by molar-refractivity contribution is 0.447. The SMILES string of the molecule is C(#CC1CCNCC1)c1ccnc(Nc2ncccn2)c1. The third-order valence-electron chi connectivity index (χ3n) is 3.33. The van der Waals surface area contributed by atoms with Gasteiger partial charge in [-0.2, -0.15) is 0 Å². The zero-order valence-electron chi connectivity index (χ0n) is 11.7. The van der Waals surface area contributed by atoms with Crippen LogP contribution in [0.2, 0.25) is 0 Å². The Bertz CT molecular complexity index is 638. The standard InChI is InChI=1S/C16H17N5/c1-7-19-16(20-8-1)21-15-12-14(6-11-18-15)3-2-13-4-9-17-10-5-13/h1,6-8,11-13,17H,4-5,9-10H2,(H,18,19,20,21). The number of anilines is 2. The first-order valence-electron chi connectivity index (χ1n) is 7.12. The average Bonchev–Trinajstić information content (AvgIpc) is 2.55. The van der Waals surface area contributed by atoms with Crippen molar-refractivity contribution in [3.63, 3.8) is 0 Å². The van der Waals surface area contributed by atoms with Crippen LogP contribution in [0.15, 0.2) is 36.8 Å². The summed E-state index contributed by atoms with van der Waals surface area (Å²) in [5.41, 5.74) is 0.960. The monoisotopic (exact) mass is 279 g/mol. The molecule has 21 heavy (non-hydrogen) atoms. The van der Waals surface area contributed by atoms with Gasteiger partial charge in [0.05, 0.1) is 0 Å². The van der Waals surface area contributed by atoms with E-state index in [1.165, 1.54) is 0 Å². The van der Waals surface area contributed by atoms with Crippen LogP contribution in [0.1, 0.15) is 18.4 Å². The molecule has 0 atom stereocenters. The molecule has 0 unspecified atom stereocenters. The molecule has 3 heterocycles. The first-order valence-corrected chi connectivity index (χ1v) is 7.12. The van der Waals surface area contributed by atoms with Crippen molar-refractivity contribution in [3.8, 4) is 11.8 Å². The Balaban J connectivity index is 1.70. The molecule has 0 aliphatic carbocycles. The molecule has 1 fully saturated rings. The van der Waals surface area contributed by atoms with E-state index in [9.17, 15) is 0 Å². The van der Waals surface area contributed by atoms with Gasteiger partial charge in [-0.3, -0.25) is 0 Å². The smallest absolute Gasteiger partial charge is 0.228 e. The number of aromatic nitrogens is 3. The highest BCUT2D eigenvalue weighted by Gasteiger charge is 2.09. The highest BCUT2D eigenvalue weighted by molar-refractivity contribution is 5.51. The van der Waals surface area contributed by atoms with Gasteiger partial charge in [-0.15, -0.1) is 0 Å². The van der Waals surface area contributed by atoms with E-state index in [1.54, 1.807) is 24.7 Å². The van der Waals surface area contributed by atoms with Gasteiger partial charge in [0.1, 0.15) is 5.82 Å². The second kappa shape index (κ2) is 6.82. The Kier molecular flexibility index (Phi) is 4.39. The van der Waals surface area contributed by atoms with Gasteiger partial charge in [-0.25, -0.2) is 15.0 Å². The van der Waals surface area contributed by atoms with Gasteiger partial charge in [-0.1, -0.05) is 11.8 Å². The van der Waals surface area contributed by atoms with Gasteiger partial charge in [0.15, 0.2) is 0 Å². The fraction of sp³-hybridized carbons (Fsp3) is 0.312. The van der Waals surface area contributed by atoms with Crippen molar-refractivity contribution in [1.82, 2.24) is 20.3 Å². The number of hydrogen-bond acceptors (Lipinski definition) is 5. The molecule has 0 bridgehead atoms. The minimum atomic E-state index is 0.494. The third-order valence-corrected chi connectivity index (χ3v) is 3.33. The van der Waals surface area contributed by atoms with E-state index in [2.05, 4.69) is 37.4 Å². The summed E-state index contributed by atoms with van der Waals surface area (Å²) in [4.78, 5) is 12.5. The van der Waals surface area contributed by atoms with Crippen molar-refractivity contribution in [2.75, 3.05) is 18.4 Å². The largest absolute Gasteiger partial charge is 0.317 e. The van der Waals surface area contributed by atoms with Crippen LogP contribution in [0.25, 0.3) is 0 Å². The number of piperidine rings is 1. The molecule has 1 saturated heterocycles. The third kappa shape index (κ3) is 4.01. The number of pyridine rings is 1. The van der Waals surface area contributed by atoms with Crippen LogP contribution in [0, 0.1) is 17.8 Å². The molecule has 0 spiro atoms. The zero-order valence-corrected chi connectivity index (χ0v) is 11.7. The lowest BCUT2D eigenvalue weighted by Crippen LogP contribution is -2.26. The Morgan fingerprint density at radius 3 is 2.71 bits per heavy atom. The second-order valence-electron chi connectivity index (χ2n) is 4.92. The van der Waals surface area contributed by atoms with Crippen molar-refractivity contribution in [2.24, 2.45) is 5.92 Å². The molecule has 0 amide bonds. The normalized spacial score (nSPS) is 15.0. The molecular formula is C16H17N5. The maximum absolute atomic E-state index is 4.26. The van der Waals surface area contributed by atoms with Gasteiger partial charge in [-0.05, 0) is 44.1 Å². The van der Waals surface area contributed by atoms with Crippen LogP contribution < -0.4 is 10.6 Å². The van der Waals surface area contributed by atoms with Crippen molar-refractivity contribution < 1.29 is 0 Å².